The molecule has 0 N–H and O–H groups in total. The van der Waals surface area contributed by atoms with E-state index in [1.54, 1.807) is 0 Å². The third kappa shape index (κ3) is 8.24. The molecule has 6 heteroatoms. The fraction of sp³-hybridized carbons (Fsp3) is 0.294. The summed E-state index contributed by atoms with van der Waals surface area (Å²) >= 11 is 6.86. The Morgan fingerprint density at radius 3 is 1.30 bits per heavy atom. The van der Waals surface area contributed by atoms with Gasteiger partial charge in [-0.15, -0.1) is 0 Å². The summed E-state index contributed by atoms with van der Waals surface area (Å²) < 4.78 is 31.9. The van der Waals surface area contributed by atoms with Gasteiger partial charge in [0, 0.05) is 0 Å². The Hall–Kier alpha value is -3.03. The van der Waals surface area contributed by atoms with Crippen molar-refractivity contribution in [2.45, 2.75) is 56.4 Å². The van der Waals surface area contributed by atoms with Crippen LogP contribution in [-0.4, -0.2) is 36.6 Å². The largest absolute Gasteiger partial charge is 0.374 e. The van der Waals surface area contributed by atoms with Gasteiger partial charge in [0.1, 0.15) is 24.4 Å². The first-order chi connectivity index (χ1) is 19.8. The van der Waals surface area contributed by atoms with Crippen molar-refractivity contribution in [3.63, 3.8) is 0 Å². The minimum atomic E-state index is -0.744. The Kier molecular flexibility index (Phi) is 10.8. The van der Waals surface area contributed by atoms with Crippen molar-refractivity contribution in [2.24, 2.45) is 0 Å². The smallest absolute Gasteiger partial charge is 0.160 e. The molecule has 5 atom stereocenters. The zero-order valence-electron chi connectivity index (χ0n) is 22.4. The van der Waals surface area contributed by atoms with Gasteiger partial charge < -0.3 is 23.7 Å². The number of halogens is 1. The van der Waals surface area contributed by atoms with Crippen LogP contribution < -0.4 is 0 Å². The van der Waals surface area contributed by atoms with Gasteiger partial charge in [-0.2, -0.15) is 0 Å². The minimum absolute atomic E-state index is 0.300. The molecule has 1 saturated heterocycles. The van der Waals surface area contributed by atoms with Crippen LogP contribution >= 0.6 is 11.6 Å². The van der Waals surface area contributed by atoms with E-state index in [-0.39, 0.29) is 0 Å². The Morgan fingerprint density at radius 1 is 0.475 bits per heavy atom. The van der Waals surface area contributed by atoms with E-state index in [2.05, 4.69) is 0 Å². The lowest BCUT2D eigenvalue weighted by Crippen LogP contribution is -2.59. The number of hydrogen-bond donors (Lipinski definition) is 0. The van der Waals surface area contributed by atoms with E-state index in [0.717, 1.165) is 22.3 Å². The van der Waals surface area contributed by atoms with Crippen LogP contribution in [0.5, 0.6) is 0 Å². The molecule has 5 nitrogen and oxygen atoms in total. The van der Waals surface area contributed by atoms with E-state index in [0.29, 0.717) is 33.0 Å². The average Bonchev–Trinajstić information content (AvgIpc) is 3.01. The van der Waals surface area contributed by atoms with Gasteiger partial charge in [-0.1, -0.05) is 133 Å². The molecule has 4 aromatic carbocycles. The first-order valence-corrected chi connectivity index (χ1v) is 14.1. The summed E-state index contributed by atoms with van der Waals surface area (Å²) in [6.07, 6.45) is -1.98. The summed E-state index contributed by atoms with van der Waals surface area (Å²) in [7, 11) is 0. The number of rotatable bonds is 13. The summed E-state index contributed by atoms with van der Waals surface area (Å²) in [5.41, 5.74) is 3.50. The topological polar surface area (TPSA) is 46.2 Å². The average molecular weight is 559 g/mol. The quantitative estimate of drug-likeness (QED) is 0.167. The first-order valence-electron chi connectivity index (χ1n) is 13.6. The molecule has 1 heterocycles. The molecule has 0 spiro atoms. The standard InChI is InChI=1S/C34H35ClO5/c35-34-33(39-24-29-19-11-4-12-20-29)32(38-23-28-17-9-3-10-18-28)31(37-22-27-15-7-2-8-16-27)30(40-34)25-36-21-26-13-5-1-6-14-26/h1-20,30-34H,21-25H2/t30?,31-,32+,33+,34+/m1/s1. The van der Waals surface area contributed by atoms with Crippen molar-refractivity contribution in [1.29, 1.82) is 0 Å². The Balaban J connectivity index is 1.36. The van der Waals surface area contributed by atoms with Crippen molar-refractivity contribution < 1.29 is 23.7 Å². The van der Waals surface area contributed by atoms with Crippen LogP contribution in [0, 0.1) is 0 Å². The van der Waals surface area contributed by atoms with Crippen molar-refractivity contribution in [1.82, 2.24) is 0 Å². The number of alkyl halides is 1. The molecule has 0 amide bonds. The molecule has 1 unspecified atom stereocenters. The van der Waals surface area contributed by atoms with E-state index >= 15 is 0 Å². The molecule has 1 aliphatic heterocycles. The molecule has 208 valence electrons. The first kappa shape index (κ1) is 28.5. The molecule has 0 aromatic heterocycles. The van der Waals surface area contributed by atoms with Gasteiger partial charge >= 0.3 is 0 Å². The van der Waals surface area contributed by atoms with Gasteiger partial charge in [0.25, 0.3) is 0 Å². The lowest BCUT2D eigenvalue weighted by Gasteiger charge is -2.44. The molecule has 4 aromatic rings. The summed E-state index contributed by atoms with van der Waals surface area (Å²) in [6, 6.07) is 40.2. The van der Waals surface area contributed by atoms with Crippen molar-refractivity contribution in [2.75, 3.05) is 6.61 Å². The normalized spacial score (nSPS) is 22.7. The van der Waals surface area contributed by atoms with E-state index in [1.807, 2.05) is 121 Å². The fourth-order valence-electron chi connectivity index (χ4n) is 4.73. The molecule has 40 heavy (non-hydrogen) atoms. The maximum Gasteiger partial charge on any atom is 0.160 e. The minimum Gasteiger partial charge on any atom is -0.374 e. The lowest BCUT2D eigenvalue weighted by atomic mass is 9.99. The summed E-state index contributed by atoms with van der Waals surface area (Å²) in [5, 5.41) is 0. The van der Waals surface area contributed by atoms with Gasteiger partial charge in [0.15, 0.2) is 5.56 Å². The van der Waals surface area contributed by atoms with E-state index < -0.39 is 30.0 Å². The van der Waals surface area contributed by atoms with E-state index in [1.165, 1.54) is 0 Å². The van der Waals surface area contributed by atoms with Crippen LogP contribution in [-0.2, 0) is 50.1 Å². The van der Waals surface area contributed by atoms with Crippen molar-refractivity contribution >= 4 is 11.6 Å². The SMILES string of the molecule is Cl[C@H]1OC(COCc2ccccc2)[C@@H](OCc2ccccc2)[C@H](OCc2ccccc2)[C@@H]1OCc1ccccc1. The zero-order chi connectivity index (χ0) is 27.4. The molecular formula is C34H35ClO5. The Bertz CT molecular complexity index is 1240. The molecule has 0 radical (unpaired) electrons. The van der Waals surface area contributed by atoms with Gasteiger partial charge in [0.05, 0.1) is 33.0 Å². The van der Waals surface area contributed by atoms with Gasteiger partial charge in [0.2, 0.25) is 0 Å². The summed E-state index contributed by atoms with van der Waals surface area (Å²) in [4.78, 5) is 0. The number of ether oxygens (including phenoxy) is 5. The number of hydrogen-bond acceptors (Lipinski definition) is 5. The fourth-order valence-corrected chi connectivity index (χ4v) is 5.08. The Labute approximate surface area is 241 Å². The predicted octanol–water partition coefficient (Wildman–Crippen LogP) is 6.92. The second-order valence-electron chi connectivity index (χ2n) is 9.81. The molecule has 1 fully saturated rings. The lowest BCUT2D eigenvalue weighted by molar-refractivity contribution is -0.256. The van der Waals surface area contributed by atoms with Crippen LogP contribution in [0.15, 0.2) is 121 Å². The third-order valence-corrected chi connectivity index (χ3v) is 7.18. The van der Waals surface area contributed by atoms with Crippen molar-refractivity contribution in [3.8, 4) is 0 Å². The van der Waals surface area contributed by atoms with E-state index in [9.17, 15) is 0 Å². The molecule has 5 rings (SSSR count). The third-order valence-electron chi connectivity index (χ3n) is 6.83. The molecule has 0 bridgehead atoms. The molecular weight excluding hydrogens is 524 g/mol. The highest BCUT2D eigenvalue weighted by atomic mass is 35.5. The highest BCUT2D eigenvalue weighted by Gasteiger charge is 2.47. The van der Waals surface area contributed by atoms with Crippen LogP contribution in [0.4, 0.5) is 0 Å². The zero-order valence-corrected chi connectivity index (χ0v) is 23.1. The highest BCUT2D eigenvalue weighted by Crippen LogP contribution is 2.32. The number of benzene rings is 4. The second-order valence-corrected chi connectivity index (χ2v) is 10.2. The highest BCUT2D eigenvalue weighted by molar-refractivity contribution is 6.20. The maximum absolute atomic E-state index is 6.86. The molecule has 0 aliphatic carbocycles. The van der Waals surface area contributed by atoms with Crippen LogP contribution in [0.1, 0.15) is 22.3 Å². The van der Waals surface area contributed by atoms with Gasteiger partial charge in [-0.05, 0) is 22.3 Å². The van der Waals surface area contributed by atoms with Crippen LogP contribution in [0.3, 0.4) is 0 Å². The van der Waals surface area contributed by atoms with Gasteiger partial charge in [-0.25, -0.2) is 0 Å². The molecule has 0 saturated carbocycles. The summed E-state index contributed by atoms with van der Waals surface area (Å²) in [6.45, 7) is 1.93. The van der Waals surface area contributed by atoms with Gasteiger partial charge in [-0.3, -0.25) is 0 Å². The predicted molar refractivity (Wildman–Crippen MR) is 156 cm³/mol. The molecule has 1 aliphatic rings. The van der Waals surface area contributed by atoms with Crippen LogP contribution in [0.2, 0.25) is 0 Å². The summed E-state index contributed by atoms with van der Waals surface area (Å²) in [5.74, 6) is 0. The monoisotopic (exact) mass is 558 g/mol. The van der Waals surface area contributed by atoms with E-state index in [4.69, 9.17) is 35.3 Å². The maximum atomic E-state index is 6.86. The Morgan fingerprint density at radius 2 is 0.850 bits per heavy atom. The van der Waals surface area contributed by atoms with Crippen LogP contribution in [0.25, 0.3) is 0 Å². The van der Waals surface area contributed by atoms with Crippen molar-refractivity contribution in [3.05, 3.63) is 144 Å². The second kappa shape index (κ2) is 15.1.